The van der Waals surface area contributed by atoms with E-state index in [1.165, 1.54) is 25.9 Å². The van der Waals surface area contributed by atoms with Crippen LogP contribution >= 0.6 is 0 Å². The summed E-state index contributed by atoms with van der Waals surface area (Å²) in [6.07, 6.45) is 4.20. The average molecular weight is 262 g/mol. The van der Waals surface area contributed by atoms with Crippen LogP contribution in [0.1, 0.15) is 25.3 Å². The summed E-state index contributed by atoms with van der Waals surface area (Å²) >= 11 is 0. The molecule has 1 atom stereocenters. The van der Waals surface area contributed by atoms with Crippen molar-refractivity contribution in [3.63, 3.8) is 0 Å². The molecule has 3 aliphatic heterocycles. The molecule has 2 bridgehead atoms. The van der Waals surface area contributed by atoms with Gasteiger partial charge in [0.25, 0.3) is 0 Å². The van der Waals surface area contributed by atoms with Crippen molar-refractivity contribution in [1.29, 1.82) is 0 Å². The van der Waals surface area contributed by atoms with Crippen LogP contribution in [0.25, 0.3) is 0 Å². The lowest BCUT2D eigenvalue weighted by atomic mass is 9.84. The van der Waals surface area contributed by atoms with Gasteiger partial charge < -0.3 is 15.0 Å². The molecule has 0 aromatic carbocycles. The van der Waals surface area contributed by atoms with Crippen LogP contribution in [-0.2, 0) is 0 Å². The number of aromatic nitrogens is 2. The summed E-state index contributed by atoms with van der Waals surface area (Å²) in [6.45, 7) is 8.29. The van der Waals surface area contributed by atoms with Gasteiger partial charge in [-0.2, -0.15) is 0 Å². The fourth-order valence-corrected chi connectivity index (χ4v) is 3.17. The van der Waals surface area contributed by atoms with Crippen LogP contribution in [-0.4, -0.2) is 47.2 Å². The highest BCUT2D eigenvalue weighted by Crippen LogP contribution is 2.30. The second-order valence-electron chi connectivity index (χ2n) is 5.47. The van der Waals surface area contributed by atoms with Crippen LogP contribution in [0, 0.1) is 12.8 Å². The van der Waals surface area contributed by atoms with E-state index in [0.717, 1.165) is 23.8 Å². The van der Waals surface area contributed by atoms with Crippen molar-refractivity contribution in [3.05, 3.63) is 11.9 Å². The predicted octanol–water partition coefficient (Wildman–Crippen LogP) is 1.69. The van der Waals surface area contributed by atoms with Crippen molar-refractivity contribution in [1.82, 2.24) is 14.9 Å². The molecule has 0 spiro atoms. The maximum Gasteiger partial charge on any atom is 0.221 e. The molecule has 1 aromatic rings. The van der Waals surface area contributed by atoms with Crippen molar-refractivity contribution in [2.45, 2.75) is 32.7 Å². The number of hydrogen-bond acceptors (Lipinski definition) is 5. The molecule has 5 heteroatoms. The van der Waals surface area contributed by atoms with E-state index in [1.54, 1.807) is 6.33 Å². The highest BCUT2D eigenvalue weighted by atomic mass is 16.5. The van der Waals surface area contributed by atoms with Gasteiger partial charge in [-0.15, -0.1) is 0 Å². The quantitative estimate of drug-likeness (QED) is 0.895. The van der Waals surface area contributed by atoms with Gasteiger partial charge in [-0.25, -0.2) is 9.97 Å². The van der Waals surface area contributed by atoms with Crippen LogP contribution < -0.4 is 10.1 Å². The summed E-state index contributed by atoms with van der Waals surface area (Å²) in [5, 5.41) is 3.61. The van der Waals surface area contributed by atoms with Gasteiger partial charge in [0.1, 0.15) is 12.1 Å². The third-order valence-electron chi connectivity index (χ3n) is 4.30. The SMILES string of the molecule is CCOc1ncnc(NC2CN3CCC2CC3)c1C. The first kappa shape index (κ1) is 12.7. The van der Waals surface area contributed by atoms with Gasteiger partial charge in [0, 0.05) is 12.6 Å². The van der Waals surface area contributed by atoms with E-state index in [-0.39, 0.29) is 0 Å². The monoisotopic (exact) mass is 262 g/mol. The van der Waals surface area contributed by atoms with Gasteiger partial charge in [0.15, 0.2) is 0 Å². The Labute approximate surface area is 114 Å². The molecule has 1 N–H and O–H groups in total. The van der Waals surface area contributed by atoms with E-state index < -0.39 is 0 Å². The van der Waals surface area contributed by atoms with E-state index >= 15 is 0 Å². The van der Waals surface area contributed by atoms with Crippen LogP contribution in [0.15, 0.2) is 6.33 Å². The van der Waals surface area contributed by atoms with Crippen molar-refractivity contribution in [2.75, 3.05) is 31.6 Å². The number of ether oxygens (including phenoxy) is 1. The van der Waals surface area contributed by atoms with Gasteiger partial charge in [-0.3, -0.25) is 0 Å². The molecule has 0 amide bonds. The number of piperidine rings is 3. The Morgan fingerprint density at radius 2 is 2.16 bits per heavy atom. The second kappa shape index (κ2) is 5.33. The minimum Gasteiger partial charge on any atom is -0.478 e. The van der Waals surface area contributed by atoms with Gasteiger partial charge in [0.05, 0.1) is 12.2 Å². The summed E-state index contributed by atoms with van der Waals surface area (Å²) < 4.78 is 5.53. The molecular formula is C14H22N4O. The van der Waals surface area contributed by atoms with Crippen LogP contribution in [0.2, 0.25) is 0 Å². The molecule has 19 heavy (non-hydrogen) atoms. The standard InChI is InChI=1S/C14H22N4O/c1-3-19-14-10(2)13(15-9-16-14)17-12-8-18-6-4-11(12)5-7-18/h9,11-12H,3-8H2,1-2H3,(H,15,16,17). The zero-order chi connectivity index (χ0) is 13.2. The predicted molar refractivity (Wildman–Crippen MR) is 74.5 cm³/mol. The van der Waals surface area contributed by atoms with Crippen molar-refractivity contribution < 1.29 is 4.74 Å². The highest BCUT2D eigenvalue weighted by molar-refractivity contribution is 5.48. The molecule has 3 saturated heterocycles. The molecule has 1 unspecified atom stereocenters. The normalized spacial score (nSPS) is 29.3. The maximum atomic E-state index is 5.53. The van der Waals surface area contributed by atoms with Crippen molar-refractivity contribution in [2.24, 2.45) is 5.92 Å². The number of nitrogens with zero attached hydrogens (tertiary/aromatic N) is 3. The number of fused-ring (bicyclic) bond motifs is 3. The summed E-state index contributed by atoms with van der Waals surface area (Å²) in [7, 11) is 0. The average Bonchev–Trinajstić information content (AvgIpc) is 2.45. The maximum absolute atomic E-state index is 5.53. The van der Waals surface area contributed by atoms with E-state index in [9.17, 15) is 0 Å². The lowest BCUT2D eigenvalue weighted by molar-refractivity contribution is 0.0973. The zero-order valence-corrected chi connectivity index (χ0v) is 11.7. The minimum absolute atomic E-state index is 0.519. The van der Waals surface area contributed by atoms with E-state index in [4.69, 9.17) is 4.74 Å². The Bertz CT molecular complexity index is 443. The summed E-state index contributed by atoms with van der Waals surface area (Å²) in [5.74, 6) is 2.41. The molecule has 5 nitrogen and oxygen atoms in total. The minimum atomic E-state index is 0.519. The Hall–Kier alpha value is -1.36. The first-order valence-electron chi connectivity index (χ1n) is 7.21. The molecule has 0 aliphatic carbocycles. The van der Waals surface area contributed by atoms with E-state index in [0.29, 0.717) is 18.5 Å². The molecular weight excluding hydrogens is 240 g/mol. The smallest absolute Gasteiger partial charge is 0.221 e. The molecule has 0 radical (unpaired) electrons. The van der Waals surface area contributed by atoms with Crippen LogP contribution in [0.4, 0.5) is 5.82 Å². The first-order chi connectivity index (χ1) is 9.28. The Kier molecular flexibility index (Phi) is 3.55. The highest BCUT2D eigenvalue weighted by Gasteiger charge is 2.34. The molecule has 3 aliphatic rings. The largest absolute Gasteiger partial charge is 0.478 e. The topological polar surface area (TPSA) is 50.3 Å². The Balaban J connectivity index is 1.74. The van der Waals surface area contributed by atoms with Gasteiger partial charge in [0.2, 0.25) is 5.88 Å². The fraction of sp³-hybridized carbons (Fsp3) is 0.714. The first-order valence-corrected chi connectivity index (χ1v) is 7.21. The molecule has 3 fully saturated rings. The second-order valence-corrected chi connectivity index (χ2v) is 5.47. The number of hydrogen-bond donors (Lipinski definition) is 1. The van der Waals surface area contributed by atoms with Gasteiger partial charge >= 0.3 is 0 Å². The zero-order valence-electron chi connectivity index (χ0n) is 11.7. The van der Waals surface area contributed by atoms with E-state index in [1.807, 2.05) is 13.8 Å². The Morgan fingerprint density at radius 3 is 2.79 bits per heavy atom. The summed E-state index contributed by atoms with van der Waals surface area (Å²) in [5.41, 5.74) is 1.01. The number of nitrogens with one attached hydrogen (secondary N) is 1. The number of rotatable bonds is 4. The van der Waals surface area contributed by atoms with Gasteiger partial charge in [-0.05, 0) is 45.7 Å². The third kappa shape index (κ3) is 2.52. The van der Waals surface area contributed by atoms with Crippen molar-refractivity contribution >= 4 is 5.82 Å². The molecule has 4 heterocycles. The lowest BCUT2D eigenvalue weighted by Crippen LogP contribution is -2.53. The van der Waals surface area contributed by atoms with Crippen molar-refractivity contribution in [3.8, 4) is 5.88 Å². The molecule has 0 saturated carbocycles. The fourth-order valence-electron chi connectivity index (χ4n) is 3.17. The number of anilines is 1. The molecule has 1 aromatic heterocycles. The van der Waals surface area contributed by atoms with Crippen LogP contribution in [0.5, 0.6) is 5.88 Å². The van der Waals surface area contributed by atoms with Gasteiger partial charge in [-0.1, -0.05) is 0 Å². The Morgan fingerprint density at radius 1 is 1.37 bits per heavy atom. The van der Waals surface area contributed by atoms with Crippen LogP contribution in [0.3, 0.4) is 0 Å². The molecule has 104 valence electrons. The lowest BCUT2D eigenvalue weighted by Gasteiger charge is -2.45. The molecule has 4 rings (SSSR count). The summed E-state index contributed by atoms with van der Waals surface area (Å²) in [4.78, 5) is 11.1. The summed E-state index contributed by atoms with van der Waals surface area (Å²) in [6, 6.07) is 0.519. The third-order valence-corrected chi connectivity index (χ3v) is 4.30. The van der Waals surface area contributed by atoms with E-state index in [2.05, 4.69) is 20.2 Å².